The zero-order valence-corrected chi connectivity index (χ0v) is 7.90. The van der Waals surface area contributed by atoms with E-state index in [2.05, 4.69) is 4.98 Å². The van der Waals surface area contributed by atoms with E-state index in [1.54, 1.807) is 6.20 Å². The van der Waals surface area contributed by atoms with Crippen molar-refractivity contribution < 1.29 is 4.79 Å². The highest BCUT2D eigenvalue weighted by atomic mass is 35.5. The summed E-state index contributed by atoms with van der Waals surface area (Å²) in [7, 11) is 0. The van der Waals surface area contributed by atoms with Crippen LogP contribution in [0.1, 0.15) is 0 Å². The number of hydrogen-bond donors (Lipinski definition) is 1. The van der Waals surface area contributed by atoms with Gasteiger partial charge in [-0.3, -0.25) is 4.79 Å². The van der Waals surface area contributed by atoms with E-state index in [0.29, 0.717) is 0 Å². The topological polar surface area (TPSA) is 56.0 Å². The molecule has 66 valence electrons. The molecule has 0 aromatic carbocycles. The average molecular weight is 205 g/mol. The summed E-state index contributed by atoms with van der Waals surface area (Å²) in [5, 5.41) is 0.825. The molecular weight excluding hydrogens is 196 g/mol. The molecule has 0 aliphatic carbocycles. The van der Waals surface area contributed by atoms with Gasteiger partial charge in [0.25, 0.3) is 0 Å². The quantitative estimate of drug-likeness (QED) is 0.750. The second kappa shape index (κ2) is 5.85. The van der Waals surface area contributed by atoms with Crippen LogP contribution in [-0.2, 0) is 4.79 Å². The van der Waals surface area contributed by atoms with Crippen LogP contribution in [-0.4, -0.2) is 16.6 Å². The molecule has 12 heavy (non-hydrogen) atoms. The molecule has 0 atom stereocenters. The van der Waals surface area contributed by atoms with Gasteiger partial charge in [0.1, 0.15) is 0 Å². The molecule has 0 fully saturated rings. The molecule has 0 unspecified atom stereocenters. The lowest BCUT2D eigenvalue weighted by atomic mass is 10.5. The Bertz CT molecular complexity index is 242. The van der Waals surface area contributed by atoms with E-state index in [1.165, 1.54) is 11.8 Å². The predicted octanol–water partition coefficient (Wildman–Crippen LogP) is 1.08. The second-order valence-corrected chi connectivity index (χ2v) is 2.92. The SMILES string of the molecule is Cl.NC(=O)CSc1ccccn1. The van der Waals surface area contributed by atoms with Crippen LogP contribution in [0.15, 0.2) is 29.4 Å². The number of hydrogen-bond acceptors (Lipinski definition) is 3. The van der Waals surface area contributed by atoms with Crippen LogP contribution in [0.4, 0.5) is 0 Å². The van der Waals surface area contributed by atoms with Gasteiger partial charge in [0.2, 0.25) is 5.91 Å². The summed E-state index contributed by atoms with van der Waals surface area (Å²) in [5.41, 5.74) is 4.95. The Balaban J connectivity index is 0.00000121. The lowest BCUT2D eigenvalue weighted by Gasteiger charge is -1.94. The molecule has 2 N–H and O–H groups in total. The predicted molar refractivity (Wildman–Crippen MR) is 51.4 cm³/mol. The summed E-state index contributed by atoms with van der Waals surface area (Å²) < 4.78 is 0. The number of nitrogens with zero attached hydrogens (tertiary/aromatic N) is 1. The van der Waals surface area contributed by atoms with E-state index in [-0.39, 0.29) is 24.1 Å². The number of carbonyl (C=O) groups is 1. The van der Waals surface area contributed by atoms with Gasteiger partial charge < -0.3 is 5.73 Å². The maximum atomic E-state index is 10.3. The fourth-order valence-corrected chi connectivity index (χ4v) is 1.18. The van der Waals surface area contributed by atoms with E-state index in [0.717, 1.165) is 5.03 Å². The van der Waals surface area contributed by atoms with Crippen LogP contribution >= 0.6 is 24.2 Å². The van der Waals surface area contributed by atoms with Crippen LogP contribution in [0, 0.1) is 0 Å². The van der Waals surface area contributed by atoms with Gasteiger partial charge in [-0.15, -0.1) is 12.4 Å². The number of pyridine rings is 1. The van der Waals surface area contributed by atoms with E-state index >= 15 is 0 Å². The van der Waals surface area contributed by atoms with Crippen molar-refractivity contribution in [2.45, 2.75) is 5.03 Å². The van der Waals surface area contributed by atoms with E-state index in [4.69, 9.17) is 5.73 Å². The van der Waals surface area contributed by atoms with Gasteiger partial charge in [-0.1, -0.05) is 17.8 Å². The van der Waals surface area contributed by atoms with E-state index in [9.17, 15) is 4.79 Å². The normalized spacial score (nSPS) is 8.67. The molecule has 0 aliphatic heterocycles. The van der Waals surface area contributed by atoms with Crippen molar-refractivity contribution in [2.24, 2.45) is 5.73 Å². The highest BCUT2D eigenvalue weighted by molar-refractivity contribution is 7.99. The zero-order valence-electron chi connectivity index (χ0n) is 6.27. The average Bonchev–Trinajstić information content (AvgIpc) is 2.03. The number of halogens is 1. The standard InChI is InChI=1S/C7H8N2OS.ClH/c8-6(10)5-11-7-3-1-2-4-9-7;/h1-4H,5H2,(H2,8,10);1H. The third-order valence-electron chi connectivity index (χ3n) is 1.00. The number of primary amides is 1. The summed E-state index contributed by atoms with van der Waals surface area (Å²) in [4.78, 5) is 14.4. The summed E-state index contributed by atoms with van der Waals surface area (Å²) in [5.74, 6) is -0.0301. The molecule has 1 heterocycles. The third kappa shape index (κ3) is 4.20. The number of aromatic nitrogens is 1. The minimum atomic E-state index is -0.319. The van der Waals surface area contributed by atoms with Gasteiger partial charge in [0.15, 0.2) is 0 Å². The molecule has 1 aromatic heterocycles. The minimum absolute atomic E-state index is 0. The number of amides is 1. The summed E-state index contributed by atoms with van der Waals surface area (Å²) in [6.07, 6.45) is 1.68. The minimum Gasteiger partial charge on any atom is -0.369 e. The Hall–Kier alpha value is -0.740. The number of carbonyl (C=O) groups excluding carboxylic acids is 1. The van der Waals surface area contributed by atoms with Crippen LogP contribution in [0.2, 0.25) is 0 Å². The Morgan fingerprint density at radius 1 is 1.58 bits per heavy atom. The Morgan fingerprint density at radius 2 is 2.33 bits per heavy atom. The molecule has 0 bridgehead atoms. The number of nitrogens with two attached hydrogens (primary N) is 1. The molecule has 1 amide bonds. The Morgan fingerprint density at radius 3 is 2.83 bits per heavy atom. The zero-order chi connectivity index (χ0) is 8.10. The molecule has 3 nitrogen and oxygen atoms in total. The van der Waals surface area contributed by atoms with Crippen LogP contribution < -0.4 is 5.73 Å². The maximum Gasteiger partial charge on any atom is 0.227 e. The largest absolute Gasteiger partial charge is 0.369 e. The summed E-state index contributed by atoms with van der Waals surface area (Å²) in [6.45, 7) is 0. The first-order valence-corrected chi connectivity index (χ1v) is 4.10. The molecule has 0 saturated heterocycles. The lowest BCUT2D eigenvalue weighted by Crippen LogP contribution is -2.13. The van der Waals surface area contributed by atoms with E-state index in [1.807, 2.05) is 18.2 Å². The summed E-state index contributed by atoms with van der Waals surface area (Å²) >= 11 is 1.34. The third-order valence-corrected chi connectivity index (χ3v) is 1.97. The van der Waals surface area contributed by atoms with Gasteiger partial charge in [0, 0.05) is 6.20 Å². The first-order valence-electron chi connectivity index (χ1n) is 3.11. The van der Waals surface area contributed by atoms with Crippen LogP contribution in [0.25, 0.3) is 0 Å². The molecule has 0 saturated carbocycles. The second-order valence-electron chi connectivity index (χ2n) is 1.92. The van der Waals surface area contributed by atoms with Crippen molar-refractivity contribution in [1.29, 1.82) is 0 Å². The molecule has 0 radical (unpaired) electrons. The Kier molecular flexibility index (Phi) is 5.49. The van der Waals surface area contributed by atoms with Crippen molar-refractivity contribution in [2.75, 3.05) is 5.75 Å². The molecule has 0 spiro atoms. The summed E-state index contributed by atoms with van der Waals surface area (Å²) in [6, 6.07) is 5.54. The van der Waals surface area contributed by atoms with E-state index < -0.39 is 0 Å². The molecule has 0 aliphatic rings. The fraction of sp³-hybridized carbons (Fsp3) is 0.143. The smallest absolute Gasteiger partial charge is 0.227 e. The van der Waals surface area contributed by atoms with Gasteiger partial charge in [-0.2, -0.15) is 0 Å². The fourth-order valence-electron chi connectivity index (χ4n) is 0.578. The number of thioether (sulfide) groups is 1. The van der Waals surface area contributed by atoms with Crippen molar-refractivity contribution in [3.8, 4) is 0 Å². The van der Waals surface area contributed by atoms with Gasteiger partial charge >= 0.3 is 0 Å². The molecule has 1 aromatic rings. The monoisotopic (exact) mass is 204 g/mol. The van der Waals surface area contributed by atoms with Gasteiger partial charge in [-0.05, 0) is 12.1 Å². The first kappa shape index (κ1) is 11.3. The molecule has 1 rings (SSSR count). The first-order chi connectivity index (χ1) is 5.29. The van der Waals surface area contributed by atoms with Crippen molar-refractivity contribution in [1.82, 2.24) is 4.98 Å². The lowest BCUT2D eigenvalue weighted by molar-refractivity contribution is -0.115. The molecule has 5 heteroatoms. The van der Waals surface area contributed by atoms with Gasteiger partial charge in [0.05, 0.1) is 10.8 Å². The number of rotatable bonds is 3. The van der Waals surface area contributed by atoms with Crippen LogP contribution in [0.3, 0.4) is 0 Å². The van der Waals surface area contributed by atoms with Crippen molar-refractivity contribution in [3.63, 3.8) is 0 Å². The Labute approximate surface area is 81.2 Å². The molecular formula is C7H9ClN2OS. The highest BCUT2D eigenvalue weighted by Gasteiger charge is 1.96. The van der Waals surface area contributed by atoms with Gasteiger partial charge in [-0.25, -0.2) is 4.98 Å². The van der Waals surface area contributed by atoms with Crippen LogP contribution in [0.5, 0.6) is 0 Å². The highest BCUT2D eigenvalue weighted by Crippen LogP contribution is 2.12. The maximum absolute atomic E-state index is 10.3. The van der Waals surface area contributed by atoms with Crippen molar-refractivity contribution in [3.05, 3.63) is 24.4 Å². The van der Waals surface area contributed by atoms with Crippen molar-refractivity contribution >= 4 is 30.1 Å².